The van der Waals surface area contributed by atoms with Crippen molar-refractivity contribution in [1.29, 1.82) is 0 Å². The molecule has 1 heterocycles. The van der Waals surface area contributed by atoms with Gasteiger partial charge in [-0.25, -0.2) is 9.18 Å². The quantitative estimate of drug-likeness (QED) is 0.481. The molecule has 0 aliphatic rings. The summed E-state index contributed by atoms with van der Waals surface area (Å²) in [5.74, 6) is 0.345. The van der Waals surface area contributed by atoms with Gasteiger partial charge in [-0.05, 0) is 61.2 Å². The Balaban J connectivity index is 1.77. The molecular weight excluding hydrogens is 385 g/mol. The number of hydrogen-bond donors (Lipinski definition) is 3. The zero-order valence-electron chi connectivity index (χ0n) is 17.5. The predicted molar refractivity (Wildman–Crippen MR) is 115 cm³/mol. The van der Waals surface area contributed by atoms with E-state index in [1.165, 1.54) is 12.1 Å². The molecule has 0 fully saturated rings. The van der Waals surface area contributed by atoms with Gasteiger partial charge in [-0.2, -0.15) is 0 Å². The smallest absolute Gasteiger partial charge is 0.319 e. The minimum atomic E-state index is -0.377. The summed E-state index contributed by atoms with van der Waals surface area (Å²) >= 11 is 0. The van der Waals surface area contributed by atoms with Crippen LogP contribution in [0.3, 0.4) is 0 Å². The minimum Gasteiger partial charge on any atom is -0.459 e. The van der Waals surface area contributed by atoms with E-state index in [4.69, 9.17) is 4.42 Å². The second kappa shape index (κ2) is 8.98. The Labute approximate surface area is 174 Å². The molecule has 1 unspecified atom stereocenters. The zero-order valence-corrected chi connectivity index (χ0v) is 17.5. The minimum absolute atomic E-state index is 0.0541. The molecule has 158 valence electrons. The van der Waals surface area contributed by atoms with Gasteiger partial charge in [-0.3, -0.25) is 4.79 Å². The first kappa shape index (κ1) is 21.4. The molecule has 3 N–H and O–H groups in total. The third kappa shape index (κ3) is 4.62. The Hall–Kier alpha value is -3.35. The maximum Gasteiger partial charge on any atom is 0.319 e. The van der Waals surface area contributed by atoms with Gasteiger partial charge >= 0.3 is 6.03 Å². The number of fused-ring (bicyclic) bond motifs is 1. The van der Waals surface area contributed by atoms with Crippen LogP contribution in [0, 0.1) is 25.6 Å². The molecule has 0 spiro atoms. The Bertz CT molecular complexity index is 1070. The van der Waals surface area contributed by atoms with Crippen molar-refractivity contribution < 1.29 is 18.4 Å². The van der Waals surface area contributed by atoms with Crippen molar-refractivity contribution in [1.82, 2.24) is 10.6 Å². The van der Waals surface area contributed by atoms with E-state index in [2.05, 4.69) is 16.0 Å². The Morgan fingerprint density at radius 1 is 1.17 bits per heavy atom. The molecule has 0 aliphatic carbocycles. The van der Waals surface area contributed by atoms with E-state index in [1.54, 1.807) is 12.1 Å². The second-order valence-electron chi connectivity index (χ2n) is 7.69. The summed E-state index contributed by atoms with van der Waals surface area (Å²) in [5.41, 5.74) is 3.97. The van der Waals surface area contributed by atoms with Crippen LogP contribution < -0.4 is 16.0 Å². The third-order valence-electron chi connectivity index (χ3n) is 5.15. The second-order valence-corrected chi connectivity index (χ2v) is 7.69. The highest BCUT2D eigenvalue weighted by atomic mass is 19.1. The number of furan rings is 1. The van der Waals surface area contributed by atoms with Crippen LogP contribution in [0.15, 0.2) is 40.8 Å². The van der Waals surface area contributed by atoms with Crippen molar-refractivity contribution in [2.45, 2.75) is 40.3 Å². The van der Waals surface area contributed by atoms with Gasteiger partial charge in [0.05, 0.1) is 6.04 Å². The lowest BCUT2D eigenvalue weighted by Gasteiger charge is -2.21. The number of halogens is 1. The number of hydrogen-bond acceptors (Lipinski definition) is 3. The fourth-order valence-corrected chi connectivity index (χ4v) is 3.48. The Morgan fingerprint density at radius 3 is 2.60 bits per heavy atom. The molecule has 6 nitrogen and oxygen atoms in total. The van der Waals surface area contributed by atoms with Crippen LogP contribution >= 0.6 is 0 Å². The molecule has 3 amide bonds. The number of aryl methyl sites for hydroxylation is 2. The molecule has 0 bridgehead atoms. The maximum absolute atomic E-state index is 13.6. The fraction of sp³-hybridized carbons (Fsp3) is 0.304. The first-order chi connectivity index (χ1) is 14.3. The molecule has 30 heavy (non-hydrogen) atoms. The van der Waals surface area contributed by atoms with Crippen LogP contribution in [-0.4, -0.2) is 12.4 Å². The molecule has 3 rings (SSSR count). The van der Waals surface area contributed by atoms with Crippen molar-refractivity contribution in [3.8, 4) is 0 Å². The van der Waals surface area contributed by atoms with E-state index in [0.717, 1.165) is 16.7 Å². The van der Waals surface area contributed by atoms with Crippen molar-refractivity contribution >= 4 is 29.1 Å². The largest absolute Gasteiger partial charge is 0.459 e. The van der Waals surface area contributed by atoms with E-state index in [0.29, 0.717) is 35.4 Å². The molecule has 0 saturated heterocycles. The average Bonchev–Trinajstić information content (AvgIpc) is 3.01. The third-order valence-corrected chi connectivity index (χ3v) is 5.15. The van der Waals surface area contributed by atoms with Gasteiger partial charge in [0.25, 0.3) is 0 Å². The number of anilines is 1. The number of nitrogens with one attached hydrogen (secondary N) is 3. The summed E-state index contributed by atoms with van der Waals surface area (Å²) in [6.07, 6.45) is 0.652. The lowest BCUT2D eigenvalue weighted by molar-refractivity contribution is -0.109. The summed E-state index contributed by atoms with van der Waals surface area (Å²) < 4.78 is 19.6. The molecule has 1 aromatic heterocycles. The highest BCUT2D eigenvalue weighted by Crippen LogP contribution is 2.33. The molecule has 0 radical (unpaired) electrons. The summed E-state index contributed by atoms with van der Waals surface area (Å²) in [5, 5.41) is 9.14. The zero-order chi connectivity index (χ0) is 21.8. The van der Waals surface area contributed by atoms with E-state index in [-0.39, 0.29) is 23.8 Å². The molecular formula is C23H26FN3O3. The van der Waals surface area contributed by atoms with E-state index >= 15 is 0 Å². The molecule has 2 aromatic carbocycles. The summed E-state index contributed by atoms with van der Waals surface area (Å²) in [6, 6.07) is 9.15. The molecule has 1 atom stereocenters. The van der Waals surface area contributed by atoms with Gasteiger partial charge < -0.3 is 20.4 Å². The van der Waals surface area contributed by atoms with Gasteiger partial charge in [0.15, 0.2) is 0 Å². The van der Waals surface area contributed by atoms with E-state index < -0.39 is 0 Å². The van der Waals surface area contributed by atoms with Gasteiger partial charge in [0.1, 0.15) is 17.2 Å². The van der Waals surface area contributed by atoms with Crippen molar-refractivity contribution in [3.63, 3.8) is 0 Å². The van der Waals surface area contributed by atoms with E-state index in [9.17, 15) is 14.0 Å². The van der Waals surface area contributed by atoms with Crippen LogP contribution in [0.25, 0.3) is 11.0 Å². The highest BCUT2D eigenvalue weighted by molar-refractivity contribution is 5.90. The van der Waals surface area contributed by atoms with Gasteiger partial charge in [-0.15, -0.1) is 0 Å². The number of rotatable bonds is 7. The predicted octanol–water partition coefficient (Wildman–Crippen LogP) is 4.95. The normalized spacial score (nSPS) is 12.1. The average molecular weight is 411 g/mol. The van der Waals surface area contributed by atoms with Crippen LogP contribution in [0.4, 0.5) is 14.9 Å². The SMILES string of the molecule is Cc1cc(NC(=O)NC(c2oc3ccc(F)cc3c2C)C(C)C)ccc1CNC=O. The van der Waals surface area contributed by atoms with Gasteiger partial charge in [-0.1, -0.05) is 19.9 Å². The van der Waals surface area contributed by atoms with Crippen LogP contribution in [0.5, 0.6) is 0 Å². The Kier molecular flexibility index (Phi) is 6.40. The topological polar surface area (TPSA) is 83.4 Å². The Morgan fingerprint density at radius 2 is 1.93 bits per heavy atom. The lowest BCUT2D eigenvalue weighted by atomic mass is 9.98. The van der Waals surface area contributed by atoms with Crippen LogP contribution in [0.2, 0.25) is 0 Å². The number of urea groups is 1. The molecule has 0 saturated carbocycles. The molecule has 7 heteroatoms. The van der Waals surface area contributed by atoms with Crippen molar-refractivity contribution in [2.24, 2.45) is 5.92 Å². The highest BCUT2D eigenvalue weighted by Gasteiger charge is 2.25. The van der Waals surface area contributed by atoms with Crippen molar-refractivity contribution in [2.75, 3.05) is 5.32 Å². The number of amides is 3. The van der Waals surface area contributed by atoms with Crippen LogP contribution in [0.1, 0.15) is 42.3 Å². The first-order valence-electron chi connectivity index (χ1n) is 9.82. The standard InChI is InChI=1S/C23H26FN3O3/c1-13(2)21(22-15(4)19-10-17(24)6-8-20(19)30-22)27-23(29)26-18-7-5-16(11-25-12-28)14(3)9-18/h5-10,12-13,21H,11H2,1-4H3,(H,25,28)(H2,26,27,29). The van der Waals surface area contributed by atoms with Crippen molar-refractivity contribution in [3.05, 3.63) is 64.7 Å². The summed E-state index contributed by atoms with van der Waals surface area (Å²) in [4.78, 5) is 23.1. The maximum atomic E-state index is 13.6. The number of carbonyl (C=O) groups excluding carboxylic acids is 2. The number of carbonyl (C=O) groups is 2. The number of benzene rings is 2. The first-order valence-corrected chi connectivity index (χ1v) is 9.82. The van der Waals surface area contributed by atoms with Gasteiger partial charge in [0, 0.05) is 23.2 Å². The van der Waals surface area contributed by atoms with Crippen LogP contribution in [-0.2, 0) is 11.3 Å². The van der Waals surface area contributed by atoms with E-state index in [1.807, 2.05) is 39.8 Å². The van der Waals surface area contributed by atoms with Gasteiger partial charge in [0.2, 0.25) is 6.41 Å². The molecule has 3 aromatic rings. The fourth-order valence-electron chi connectivity index (χ4n) is 3.48. The summed E-state index contributed by atoms with van der Waals surface area (Å²) in [6.45, 7) is 8.18. The summed E-state index contributed by atoms with van der Waals surface area (Å²) in [7, 11) is 0. The monoisotopic (exact) mass is 411 g/mol. The lowest BCUT2D eigenvalue weighted by Crippen LogP contribution is -2.35. The molecule has 0 aliphatic heterocycles.